The monoisotopic (exact) mass is 288 g/mol. The number of aliphatic hydroxyl groups is 1. The van der Waals surface area contributed by atoms with E-state index >= 15 is 0 Å². The normalized spacial score (nSPS) is 11.4. The maximum absolute atomic E-state index is 12.1. The minimum absolute atomic E-state index is 0.124. The molecule has 0 spiro atoms. The van der Waals surface area contributed by atoms with Crippen LogP contribution < -0.4 is 0 Å². The topological polar surface area (TPSA) is 57.5 Å². The number of hydrogen-bond donors (Lipinski definition) is 2. The summed E-state index contributed by atoms with van der Waals surface area (Å²) in [5.41, 5.74) is 1.44. The summed E-state index contributed by atoms with van der Waals surface area (Å²) in [4.78, 5) is 12.1. The molecule has 2 aromatic carbocycles. The third-order valence-electron chi connectivity index (χ3n) is 2.91. The summed E-state index contributed by atoms with van der Waals surface area (Å²) in [6.45, 7) is 1.81. The molecule has 20 heavy (non-hydrogen) atoms. The van der Waals surface area contributed by atoms with Crippen LogP contribution in [0.1, 0.15) is 21.5 Å². The van der Waals surface area contributed by atoms with Gasteiger partial charge in [0.15, 0.2) is 5.78 Å². The van der Waals surface area contributed by atoms with Gasteiger partial charge in [0.1, 0.15) is 11.5 Å². The van der Waals surface area contributed by atoms with E-state index in [1.807, 2.05) is 19.1 Å². The molecule has 0 radical (unpaired) electrons. The summed E-state index contributed by atoms with van der Waals surface area (Å²) < 4.78 is 0. The van der Waals surface area contributed by atoms with E-state index in [-0.39, 0.29) is 22.9 Å². The quantitative estimate of drug-likeness (QED) is 0.507. The Labute approximate surface area is 121 Å². The molecule has 0 bridgehead atoms. The Balaban J connectivity index is 2.38. The summed E-state index contributed by atoms with van der Waals surface area (Å²) in [6, 6.07) is 11.3. The number of rotatable bonds is 3. The van der Waals surface area contributed by atoms with E-state index in [0.29, 0.717) is 10.6 Å². The lowest BCUT2D eigenvalue weighted by atomic mass is 10.0. The van der Waals surface area contributed by atoms with Gasteiger partial charge < -0.3 is 10.2 Å². The molecule has 0 saturated carbocycles. The van der Waals surface area contributed by atoms with Gasteiger partial charge in [-0.15, -0.1) is 0 Å². The minimum atomic E-state index is -0.333. The molecule has 0 saturated heterocycles. The van der Waals surface area contributed by atoms with Crippen LogP contribution in [0.5, 0.6) is 5.75 Å². The summed E-state index contributed by atoms with van der Waals surface area (Å²) in [7, 11) is 0. The molecule has 0 aliphatic carbocycles. The number of allylic oxidation sites excluding steroid dienone is 1. The average Bonchev–Trinajstić information content (AvgIpc) is 2.41. The van der Waals surface area contributed by atoms with E-state index in [1.165, 1.54) is 18.2 Å². The van der Waals surface area contributed by atoms with Crippen molar-refractivity contribution < 1.29 is 15.0 Å². The summed E-state index contributed by atoms with van der Waals surface area (Å²) in [5.74, 6) is -0.793. The second-order valence-electron chi connectivity index (χ2n) is 4.37. The largest absolute Gasteiger partial charge is 0.507 e. The summed E-state index contributed by atoms with van der Waals surface area (Å²) in [6.07, 6.45) is 1.08. The fraction of sp³-hybridized carbons (Fsp3) is 0.0625. The van der Waals surface area contributed by atoms with Crippen molar-refractivity contribution in [3.05, 3.63) is 70.3 Å². The second-order valence-corrected chi connectivity index (χ2v) is 4.81. The zero-order valence-electron chi connectivity index (χ0n) is 10.8. The fourth-order valence-electron chi connectivity index (χ4n) is 1.84. The number of halogens is 1. The molecule has 2 rings (SSSR count). The molecule has 4 heteroatoms. The van der Waals surface area contributed by atoms with Gasteiger partial charge in [-0.1, -0.05) is 35.9 Å². The average molecular weight is 289 g/mol. The standard InChI is InChI=1S/C16H13ClO3/c1-10-4-2-3-5-12(10)15(19)9-16(20)13-8-11(17)6-7-14(13)18/h2-9,18,20H,1H3. The Morgan fingerprint density at radius 3 is 2.55 bits per heavy atom. The molecule has 2 aromatic rings. The van der Waals surface area contributed by atoms with Crippen LogP contribution in [0.4, 0.5) is 0 Å². The number of aliphatic hydroxyl groups excluding tert-OH is 1. The Hall–Kier alpha value is -2.26. The third kappa shape index (κ3) is 3.00. The Morgan fingerprint density at radius 1 is 1.15 bits per heavy atom. The van der Waals surface area contributed by atoms with Crippen molar-refractivity contribution in [2.75, 3.05) is 0 Å². The first-order valence-corrected chi connectivity index (χ1v) is 6.36. The van der Waals surface area contributed by atoms with E-state index in [1.54, 1.807) is 12.1 Å². The fourth-order valence-corrected chi connectivity index (χ4v) is 2.01. The van der Waals surface area contributed by atoms with Crippen LogP contribution in [0.15, 0.2) is 48.5 Å². The van der Waals surface area contributed by atoms with E-state index < -0.39 is 0 Å². The van der Waals surface area contributed by atoms with Crippen LogP contribution in [-0.4, -0.2) is 16.0 Å². The van der Waals surface area contributed by atoms with Gasteiger partial charge in [-0.2, -0.15) is 0 Å². The maximum atomic E-state index is 12.1. The number of phenolic OH excluding ortho intramolecular Hbond substituents is 1. The Bertz CT molecular complexity index is 690. The number of carbonyl (C=O) groups is 1. The predicted molar refractivity (Wildman–Crippen MR) is 79.2 cm³/mol. The van der Waals surface area contributed by atoms with Gasteiger partial charge in [0.05, 0.1) is 5.56 Å². The molecule has 0 aliphatic rings. The van der Waals surface area contributed by atoms with Gasteiger partial charge in [-0.3, -0.25) is 4.79 Å². The van der Waals surface area contributed by atoms with Crippen molar-refractivity contribution in [2.45, 2.75) is 6.92 Å². The van der Waals surface area contributed by atoms with Crippen LogP contribution in [0.3, 0.4) is 0 Å². The predicted octanol–water partition coefficient (Wildman–Crippen LogP) is 4.14. The van der Waals surface area contributed by atoms with Gasteiger partial charge in [-0.05, 0) is 30.7 Å². The van der Waals surface area contributed by atoms with E-state index in [9.17, 15) is 15.0 Å². The van der Waals surface area contributed by atoms with E-state index in [4.69, 9.17) is 11.6 Å². The molecule has 0 atom stereocenters. The number of phenols is 1. The highest BCUT2D eigenvalue weighted by Crippen LogP contribution is 2.27. The summed E-state index contributed by atoms with van der Waals surface area (Å²) in [5, 5.41) is 20.0. The number of ketones is 1. The zero-order chi connectivity index (χ0) is 14.7. The first kappa shape index (κ1) is 14.2. The summed E-state index contributed by atoms with van der Waals surface area (Å²) >= 11 is 5.81. The molecule has 0 unspecified atom stereocenters. The molecule has 3 nitrogen and oxygen atoms in total. The van der Waals surface area contributed by atoms with Gasteiger partial charge in [0, 0.05) is 16.7 Å². The van der Waals surface area contributed by atoms with Crippen molar-refractivity contribution in [3.63, 3.8) is 0 Å². The lowest BCUT2D eigenvalue weighted by Crippen LogP contribution is -1.99. The molecule has 0 fully saturated rings. The van der Waals surface area contributed by atoms with Gasteiger partial charge in [0.25, 0.3) is 0 Å². The highest BCUT2D eigenvalue weighted by atomic mass is 35.5. The molecular weight excluding hydrogens is 276 g/mol. The first-order chi connectivity index (χ1) is 9.49. The molecule has 0 aromatic heterocycles. The van der Waals surface area contributed by atoms with Crippen molar-refractivity contribution in [3.8, 4) is 5.75 Å². The number of carbonyl (C=O) groups excluding carboxylic acids is 1. The van der Waals surface area contributed by atoms with Gasteiger partial charge in [0.2, 0.25) is 0 Å². The van der Waals surface area contributed by atoms with E-state index in [2.05, 4.69) is 0 Å². The highest BCUT2D eigenvalue weighted by molar-refractivity contribution is 6.30. The van der Waals surface area contributed by atoms with Crippen LogP contribution in [0.2, 0.25) is 5.02 Å². The van der Waals surface area contributed by atoms with Crippen molar-refractivity contribution >= 4 is 23.1 Å². The van der Waals surface area contributed by atoms with Gasteiger partial charge >= 0.3 is 0 Å². The molecule has 0 heterocycles. The lowest BCUT2D eigenvalue weighted by molar-refractivity contribution is 0.104. The maximum Gasteiger partial charge on any atom is 0.189 e. The van der Waals surface area contributed by atoms with Crippen LogP contribution in [0, 0.1) is 6.92 Å². The zero-order valence-corrected chi connectivity index (χ0v) is 11.6. The lowest BCUT2D eigenvalue weighted by Gasteiger charge is -2.05. The SMILES string of the molecule is Cc1ccccc1C(=O)C=C(O)c1cc(Cl)ccc1O. The van der Waals surface area contributed by atoms with Crippen molar-refractivity contribution in [2.24, 2.45) is 0 Å². The van der Waals surface area contributed by atoms with Crippen LogP contribution in [0.25, 0.3) is 5.76 Å². The second kappa shape index (κ2) is 5.80. The molecule has 0 amide bonds. The van der Waals surface area contributed by atoms with Crippen molar-refractivity contribution in [1.82, 2.24) is 0 Å². The molecule has 0 aliphatic heterocycles. The Morgan fingerprint density at radius 2 is 1.85 bits per heavy atom. The van der Waals surface area contributed by atoms with Crippen LogP contribution in [-0.2, 0) is 0 Å². The Kier molecular flexibility index (Phi) is 4.11. The number of aryl methyl sites for hydroxylation is 1. The highest BCUT2D eigenvalue weighted by Gasteiger charge is 2.11. The first-order valence-electron chi connectivity index (χ1n) is 5.98. The van der Waals surface area contributed by atoms with Crippen LogP contribution >= 0.6 is 11.6 Å². The number of benzene rings is 2. The van der Waals surface area contributed by atoms with Crippen molar-refractivity contribution in [1.29, 1.82) is 0 Å². The molecular formula is C16H13ClO3. The number of aromatic hydroxyl groups is 1. The van der Waals surface area contributed by atoms with E-state index in [0.717, 1.165) is 11.6 Å². The third-order valence-corrected chi connectivity index (χ3v) is 3.15. The number of hydrogen-bond acceptors (Lipinski definition) is 3. The van der Waals surface area contributed by atoms with Gasteiger partial charge in [-0.25, -0.2) is 0 Å². The minimum Gasteiger partial charge on any atom is -0.507 e. The molecule has 102 valence electrons. The molecule has 2 N–H and O–H groups in total. The smallest absolute Gasteiger partial charge is 0.189 e.